The molecule has 0 amide bonds. The maximum absolute atomic E-state index is 12.2. The number of thiophene rings is 1. The number of aryl methyl sites for hydroxylation is 1. The van der Waals surface area contributed by atoms with Crippen LogP contribution < -0.4 is 4.72 Å². The van der Waals surface area contributed by atoms with Gasteiger partial charge in [-0.2, -0.15) is 11.8 Å². The Morgan fingerprint density at radius 2 is 2.22 bits per heavy atom. The third-order valence-electron chi connectivity index (χ3n) is 2.51. The Labute approximate surface area is 124 Å². The summed E-state index contributed by atoms with van der Waals surface area (Å²) in [5.74, 6) is 0. The third kappa shape index (κ3) is 3.94. The van der Waals surface area contributed by atoms with E-state index in [1.165, 1.54) is 23.1 Å². The number of aliphatic hydroxyl groups excluding tert-OH is 1. The number of hydrogen-bond donors (Lipinski definition) is 2. The van der Waals surface area contributed by atoms with Gasteiger partial charge in [-0.1, -0.05) is 0 Å². The number of rotatable bonds is 6. The summed E-state index contributed by atoms with van der Waals surface area (Å²) in [6.07, 6.45) is 1.85. The van der Waals surface area contributed by atoms with Crippen molar-refractivity contribution in [2.75, 3.05) is 12.9 Å². The fourth-order valence-corrected chi connectivity index (χ4v) is 5.93. The Balaban J connectivity index is 2.92. The van der Waals surface area contributed by atoms with Crippen LogP contribution >= 0.6 is 39.0 Å². The number of hydrogen-bond acceptors (Lipinski definition) is 5. The summed E-state index contributed by atoms with van der Waals surface area (Å²) in [6, 6.07) is 1.27. The zero-order chi connectivity index (χ0) is 13.9. The summed E-state index contributed by atoms with van der Waals surface area (Å²) < 4.78 is 27.8. The molecule has 1 heterocycles. The van der Waals surface area contributed by atoms with Crippen molar-refractivity contribution in [2.24, 2.45) is 0 Å². The normalized spacial score (nSPS) is 15.6. The van der Waals surface area contributed by atoms with E-state index >= 15 is 0 Å². The van der Waals surface area contributed by atoms with Crippen LogP contribution in [0.1, 0.15) is 11.8 Å². The van der Waals surface area contributed by atoms with Crippen LogP contribution in [0.4, 0.5) is 0 Å². The molecule has 8 heteroatoms. The van der Waals surface area contributed by atoms with Crippen LogP contribution in [-0.4, -0.2) is 37.7 Å². The monoisotopic (exact) mass is 373 g/mol. The molecule has 1 aromatic heterocycles. The van der Waals surface area contributed by atoms with Gasteiger partial charge in [0.2, 0.25) is 10.0 Å². The molecule has 4 nitrogen and oxygen atoms in total. The molecule has 0 aliphatic rings. The molecular formula is C10H16BrNO3S3. The van der Waals surface area contributed by atoms with Gasteiger partial charge in [-0.15, -0.1) is 11.3 Å². The molecule has 0 aromatic carbocycles. The first-order chi connectivity index (χ1) is 8.31. The Morgan fingerprint density at radius 1 is 1.61 bits per heavy atom. The lowest BCUT2D eigenvalue weighted by Crippen LogP contribution is -2.41. The zero-order valence-corrected chi connectivity index (χ0v) is 14.3. The van der Waals surface area contributed by atoms with Crippen LogP contribution in [-0.2, 0) is 10.0 Å². The van der Waals surface area contributed by atoms with Crippen LogP contribution in [0.25, 0.3) is 0 Å². The number of thioether (sulfide) groups is 1. The molecule has 2 unspecified atom stereocenters. The van der Waals surface area contributed by atoms with Gasteiger partial charge in [-0.3, -0.25) is 0 Å². The second-order valence-corrected chi connectivity index (χ2v) is 9.23. The van der Waals surface area contributed by atoms with Crippen LogP contribution in [0.5, 0.6) is 0 Å². The Kier molecular flexibility index (Phi) is 6.14. The molecule has 0 fully saturated rings. The van der Waals surface area contributed by atoms with Crippen LogP contribution in [0.2, 0.25) is 0 Å². The molecule has 104 valence electrons. The predicted octanol–water partition coefficient (Wildman–Crippen LogP) is 2.21. The zero-order valence-electron chi connectivity index (χ0n) is 10.3. The van der Waals surface area contributed by atoms with Gasteiger partial charge in [0.05, 0.1) is 15.3 Å². The highest BCUT2D eigenvalue weighted by Crippen LogP contribution is 2.29. The van der Waals surface area contributed by atoms with Crippen molar-refractivity contribution in [1.82, 2.24) is 4.72 Å². The molecule has 18 heavy (non-hydrogen) atoms. The molecule has 0 aliphatic heterocycles. The smallest absolute Gasteiger partial charge is 0.241 e. The lowest BCUT2D eigenvalue weighted by Gasteiger charge is -2.21. The van der Waals surface area contributed by atoms with Crippen molar-refractivity contribution in [3.63, 3.8) is 0 Å². The molecule has 2 N–H and O–H groups in total. The maximum atomic E-state index is 12.2. The minimum Gasteiger partial charge on any atom is -0.395 e. The van der Waals surface area contributed by atoms with E-state index < -0.39 is 10.0 Å². The molecule has 1 aromatic rings. The molecule has 0 spiro atoms. The maximum Gasteiger partial charge on any atom is 0.241 e. The van der Waals surface area contributed by atoms with Crippen molar-refractivity contribution in [3.05, 3.63) is 14.7 Å². The lowest BCUT2D eigenvalue weighted by atomic mass is 10.3. The summed E-state index contributed by atoms with van der Waals surface area (Å²) in [5.41, 5.74) is 0. The van der Waals surface area contributed by atoms with E-state index in [4.69, 9.17) is 5.11 Å². The highest BCUT2D eigenvalue weighted by atomic mass is 79.9. The summed E-state index contributed by atoms with van der Waals surface area (Å²) in [6.45, 7) is 3.47. The summed E-state index contributed by atoms with van der Waals surface area (Å²) in [4.78, 5) is 1.04. The average Bonchev–Trinajstić information content (AvgIpc) is 2.59. The van der Waals surface area contributed by atoms with E-state index in [2.05, 4.69) is 20.7 Å². The summed E-state index contributed by atoms with van der Waals surface area (Å²) in [5, 5.41) is 9.01. The lowest BCUT2D eigenvalue weighted by molar-refractivity contribution is 0.282. The van der Waals surface area contributed by atoms with Crippen LogP contribution in [0.3, 0.4) is 0 Å². The topological polar surface area (TPSA) is 66.4 Å². The molecule has 2 atom stereocenters. The molecule has 0 saturated heterocycles. The average molecular weight is 374 g/mol. The second kappa shape index (κ2) is 6.71. The number of halogens is 1. The van der Waals surface area contributed by atoms with E-state index in [0.717, 1.165) is 8.66 Å². The van der Waals surface area contributed by atoms with E-state index in [0.29, 0.717) is 4.90 Å². The van der Waals surface area contributed by atoms with Gasteiger partial charge >= 0.3 is 0 Å². The molecule has 1 rings (SSSR count). The van der Waals surface area contributed by atoms with Gasteiger partial charge in [0.15, 0.2) is 0 Å². The highest BCUT2D eigenvalue weighted by Gasteiger charge is 2.25. The number of nitrogens with one attached hydrogen (secondary N) is 1. The van der Waals surface area contributed by atoms with E-state index in [-0.39, 0.29) is 17.9 Å². The van der Waals surface area contributed by atoms with Gasteiger partial charge in [-0.05, 0) is 42.1 Å². The predicted molar refractivity (Wildman–Crippen MR) is 80.9 cm³/mol. The summed E-state index contributed by atoms with van der Waals surface area (Å²) in [7, 11) is -3.53. The SMILES string of the molecule is CSC(CO)C(C)NS(=O)(=O)c1cc(Br)sc1C. The van der Waals surface area contributed by atoms with Gasteiger partial charge in [0.25, 0.3) is 0 Å². The Morgan fingerprint density at radius 3 is 2.61 bits per heavy atom. The van der Waals surface area contributed by atoms with Crippen molar-refractivity contribution < 1.29 is 13.5 Å². The van der Waals surface area contributed by atoms with Crippen molar-refractivity contribution >= 4 is 49.1 Å². The first-order valence-corrected chi connectivity index (χ1v) is 9.61. The fourth-order valence-electron chi connectivity index (χ4n) is 1.52. The third-order valence-corrected chi connectivity index (χ3v) is 7.04. The minimum absolute atomic E-state index is 0.0584. The number of aliphatic hydroxyl groups is 1. The Hall–Kier alpha value is 0.400. The largest absolute Gasteiger partial charge is 0.395 e. The molecular weight excluding hydrogens is 358 g/mol. The first kappa shape index (κ1) is 16.5. The van der Waals surface area contributed by atoms with Gasteiger partial charge in [0.1, 0.15) is 0 Å². The van der Waals surface area contributed by atoms with E-state index in [1.807, 2.05) is 6.26 Å². The first-order valence-electron chi connectivity index (χ1n) is 5.23. The van der Waals surface area contributed by atoms with Gasteiger partial charge in [0, 0.05) is 16.2 Å². The molecule has 0 aliphatic carbocycles. The number of sulfonamides is 1. The molecule has 0 bridgehead atoms. The minimum atomic E-state index is -3.53. The quantitative estimate of drug-likeness (QED) is 0.801. The van der Waals surface area contributed by atoms with Crippen LogP contribution in [0, 0.1) is 6.92 Å². The second-order valence-electron chi connectivity index (χ2n) is 3.84. The Bertz CT molecular complexity index is 496. The fraction of sp³-hybridized carbons (Fsp3) is 0.600. The van der Waals surface area contributed by atoms with E-state index in [1.54, 1.807) is 19.9 Å². The van der Waals surface area contributed by atoms with Gasteiger partial charge in [-0.25, -0.2) is 13.1 Å². The molecule has 0 radical (unpaired) electrons. The van der Waals surface area contributed by atoms with Crippen LogP contribution in [0.15, 0.2) is 14.7 Å². The van der Waals surface area contributed by atoms with Gasteiger partial charge < -0.3 is 5.11 Å². The van der Waals surface area contributed by atoms with E-state index in [9.17, 15) is 8.42 Å². The highest BCUT2D eigenvalue weighted by molar-refractivity contribution is 9.11. The summed E-state index contributed by atoms with van der Waals surface area (Å²) >= 11 is 6.11. The standard InChI is InChI=1S/C10H16BrNO3S3/c1-6(8(5-13)16-3)12-18(14,15)9-4-10(11)17-7(9)2/h4,6,8,12-13H,5H2,1-3H3. The van der Waals surface area contributed by atoms with Crippen molar-refractivity contribution in [3.8, 4) is 0 Å². The van der Waals surface area contributed by atoms with Crippen molar-refractivity contribution in [1.29, 1.82) is 0 Å². The molecule has 0 saturated carbocycles. The van der Waals surface area contributed by atoms with Crippen molar-refractivity contribution in [2.45, 2.75) is 30.0 Å².